The van der Waals surface area contributed by atoms with Crippen LogP contribution in [0.3, 0.4) is 0 Å². The number of benzene rings is 3. The van der Waals surface area contributed by atoms with Gasteiger partial charge < -0.3 is 0 Å². The van der Waals surface area contributed by atoms with Crippen molar-refractivity contribution < 1.29 is 14.4 Å². The minimum atomic E-state index is -0.477. The number of imide groups is 1. The van der Waals surface area contributed by atoms with Crippen molar-refractivity contribution in [3.63, 3.8) is 0 Å². The predicted octanol–water partition coefficient (Wildman–Crippen LogP) is 4.63. The van der Waals surface area contributed by atoms with Gasteiger partial charge in [-0.15, -0.1) is 0 Å². The highest BCUT2D eigenvalue weighted by atomic mass is 32.2. The molecule has 1 aliphatic heterocycles. The minimum absolute atomic E-state index is 0.291. The third-order valence-electron chi connectivity index (χ3n) is 4.62. The van der Waals surface area contributed by atoms with E-state index in [4.69, 9.17) is 5.26 Å². The lowest BCUT2D eigenvalue weighted by molar-refractivity contribution is -0.122. The second kappa shape index (κ2) is 7.74. The first-order chi connectivity index (χ1) is 14.1. The van der Waals surface area contributed by atoms with Gasteiger partial charge >= 0.3 is 0 Å². The van der Waals surface area contributed by atoms with Crippen LogP contribution < -0.4 is 0 Å². The highest BCUT2D eigenvalue weighted by molar-refractivity contribution is 8.18. The zero-order valence-corrected chi connectivity index (χ0v) is 16.0. The smallest absolute Gasteiger partial charge is 0.292 e. The number of nitriles is 1. The minimum Gasteiger partial charge on any atom is -0.292 e. The van der Waals surface area contributed by atoms with Crippen molar-refractivity contribution in [2.24, 2.45) is 0 Å². The van der Waals surface area contributed by atoms with Crippen molar-refractivity contribution in [1.82, 2.24) is 4.90 Å². The highest BCUT2D eigenvalue weighted by Crippen LogP contribution is 2.33. The number of fused-ring (bicyclic) bond motifs is 1. The van der Waals surface area contributed by atoms with Crippen molar-refractivity contribution in [3.8, 4) is 6.07 Å². The van der Waals surface area contributed by atoms with Gasteiger partial charge in [0.1, 0.15) is 0 Å². The Morgan fingerprint density at radius 3 is 2.48 bits per heavy atom. The van der Waals surface area contributed by atoms with E-state index in [1.165, 1.54) is 24.3 Å². The van der Waals surface area contributed by atoms with Gasteiger partial charge in [0, 0.05) is 5.56 Å². The lowest BCUT2D eigenvalue weighted by atomic mass is 10.0. The third kappa shape index (κ3) is 3.68. The number of rotatable bonds is 4. The number of carbonyl (C=O) groups excluding carboxylic acids is 3. The van der Waals surface area contributed by atoms with Crippen molar-refractivity contribution in [3.05, 3.63) is 88.3 Å². The van der Waals surface area contributed by atoms with E-state index in [-0.39, 0.29) is 12.3 Å². The van der Waals surface area contributed by atoms with Gasteiger partial charge in [-0.05, 0) is 46.3 Å². The molecular formula is C23H14N2O3S. The number of thioether (sulfide) groups is 1. The second-order valence-electron chi connectivity index (χ2n) is 6.45. The van der Waals surface area contributed by atoms with E-state index in [2.05, 4.69) is 0 Å². The molecule has 0 aromatic heterocycles. The summed E-state index contributed by atoms with van der Waals surface area (Å²) in [6.07, 6.45) is 1.69. The largest absolute Gasteiger partial charge is 0.293 e. The fourth-order valence-corrected chi connectivity index (χ4v) is 3.95. The first-order valence-corrected chi connectivity index (χ1v) is 9.65. The number of hydrogen-bond acceptors (Lipinski definition) is 5. The Morgan fingerprint density at radius 1 is 1.00 bits per heavy atom. The molecule has 0 atom stereocenters. The van der Waals surface area contributed by atoms with Crippen LogP contribution >= 0.6 is 11.8 Å². The van der Waals surface area contributed by atoms with Gasteiger partial charge in [-0.2, -0.15) is 5.26 Å². The molecule has 1 fully saturated rings. The fourth-order valence-electron chi connectivity index (χ4n) is 3.12. The van der Waals surface area contributed by atoms with E-state index in [0.29, 0.717) is 16.0 Å². The van der Waals surface area contributed by atoms with Crippen molar-refractivity contribution in [1.29, 1.82) is 5.26 Å². The van der Waals surface area contributed by atoms with Crippen LogP contribution in [-0.4, -0.2) is 28.4 Å². The summed E-state index contributed by atoms with van der Waals surface area (Å²) in [4.78, 5) is 38.8. The van der Waals surface area contributed by atoms with E-state index in [1.807, 2.05) is 48.5 Å². The molecule has 0 saturated carbocycles. The molecular weight excluding hydrogens is 384 g/mol. The summed E-state index contributed by atoms with van der Waals surface area (Å²) >= 11 is 0.832. The SMILES string of the molecule is N#Cc1ccc(C(=O)CN2C(=O)S/C(=C/c3cccc4ccccc34)C2=O)cc1. The summed E-state index contributed by atoms with van der Waals surface area (Å²) in [6, 6.07) is 21.6. The van der Waals surface area contributed by atoms with E-state index >= 15 is 0 Å². The molecule has 0 N–H and O–H groups in total. The number of ketones is 1. The molecule has 2 amide bonds. The maximum Gasteiger partial charge on any atom is 0.293 e. The molecule has 1 saturated heterocycles. The molecule has 0 bridgehead atoms. The van der Waals surface area contributed by atoms with Crippen molar-refractivity contribution in [2.75, 3.05) is 6.54 Å². The van der Waals surface area contributed by atoms with E-state index < -0.39 is 11.1 Å². The average Bonchev–Trinajstić information content (AvgIpc) is 3.01. The monoisotopic (exact) mass is 398 g/mol. The van der Waals surface area contributed by atoms with Crippen molar-refractivity contribution in [2.45, 2.75) is 0 Å². The predicted molar refractivity (Wildman–Crippen MR) is 112 cm³/mol. The molecule has 1 heterocycles. The van der Waals surface area contributed by atoms with E-state index in [1.54, 1.807) is 6.08 Å². The van der Waals surface area contributed by atoms with Crippen LogP contribution in [0.1, 0.15) is 21.5 Å². The Labute approximate surface area is 171 Å². The van der Waals surface area contributed by atoms with E-state index in [0.717, 1.165) is 33.0 Å². The summed E-state index contributed by atoms with van der Waals surface area (Å²) in [7, 11) is 0. The number of nitrogens with zero attached hydrogens (tertiary/aromatic N) is 2. The van der Waals surface area contributed by atoms with Crippen LogP contribution in [0.25, 0.3) is 16.8 Å². The third-order valence-corrected chi connectivity index (χ3v) is 5.53. The normalized spacial score (nSPS) is 15.1. The Kier molecular flexibility index (Phi) is 4.98. The summed E-state index contributed by atoms with van der Waals surface area (Å²) in [5.74, 6) is -0.835. The Bertz CT molecular complexity index is 1220. The fraction of sp³-hybridized carbons (Fsp3) is 0.0435. The molecule has 3 aromatic rings. The summed E-state index contributed by atoms with van der Waals surface area (Å²) in [6.45, 7) is -0.330. The van der Waals surface area contributed by atoms with Gasteiger partial charge in [0.25, 0.3) is 11.1 Å². The van der Waals surface area contributed by atoms with Crippen molar-refractivity contribution >= 4 is 45.5 Å². The molecule has 4 rings (SSSR count). The zero-order chi connectivity index (χ0) is 20.4. The molecule has 5 nitrogen and oxygen atoms in total. The lowest BCUT2D eigenvalue weighted by Crippen LogP contribution is -2.33. The molecule has 3 aromatic carbocycles. The zero-order valence-electron chi connectivity index (χ0n) is 15.2. The highest BCUT2D eigenvalue weighted by Gasteiger charge is 2.36. The molecule has 1 aliphatic rings. The van der Waals surface area contributed by atoms with Gasteiger partial charge in [0.05, 0.1) is 23.1 Å². The average molecular weight is 398 g/mol. The van der Waals surface area contributed by atoms with Crippen LogP contribution in [-0.2, 0) is 4.79 Å². The molecule has 6 heteroatoms. The maximum atomic E-state index is 12.7. The maximum absolute atomic E-state index is 12.7. The first-order valence-electron chi connectivity index (χ1n) is 8.83. The van der Waals surface area contributed by atoms with Crippen LogP contribution in [0.5, 0.6) is 0 Å². The Morgan fingerprint density at radius 2 is 1.72 bits per heavy atom. The van der Waals surface area contributed by atoms with Gasteiger partial charge in [-0.25, -0.2) is 0 Å². The Balaban J connectivity index is 1.57. The number of Topliss-reactive ketones (excluding diaryl/α,β-unsaturated/α-hetero) is 1. The van der Waals surface area contributed by atoms with Crippen LogP contribution in [0.15, 0.2) is 71.6 Å². The molecule has 140 valence electrons. The molecule has 0 spiro atoms. The lowest BCUT2D eigenvalue weighted by Gasteiger charge is -2.11. The van der Waals surface area contributed by atoms with Crippen LogP contribution in [0.4, 0.5) is 4.79 Å². The number of amides is 2. The first kappa shape index (κ1) is 18.7. The van der Waals surface area contributed by atoms with Gasteiger partial charge in [0.15, 0.2) is 5.78 Å². The van der Waals surface area contributed by atoms with Gasteiger partial charge in [0.2, 0.25) is 0 Å². The molecule has 0 radical (unpaired) electrons. The summed E-state index contributed by atoms with van der Waals surface area (Å²) in [5, 5.41) is 10.4. The summed E-state index contributed by atoms with van der Waals surface area (Å²) in [5.41, 5.74) is 1.62. The topological polar surface area (TPSA) is 78.2 Å². The Hall–Kier alpha value is -3.69. The molecule has 0 aliphatic carbocycles. The quantitative estimate of drug-likeness (QED) is 0.473. The molecule has 0 unspecified atom stereocenters. The van der Waals surface area contributed by atoms with E-state index in [9.17, 15) is 14.4 Å². The van der Waals surface area contributed by atoms with Crippen LogP contribution in [0, 0.1) is 11.3 Å². The molecule has 29 heavy (non-hydrogen) atoms. The number of hydrogen-bond donors (Lipinski definition) is 0. The second-order valence-corrected chi connectivity index (χ2v) is 7.44. The standard InChI is InChI=1S/C23H14N2O3S/c24-13-15-8-10-17(11-9-15)20(26)14-25-22(27)21(29-23(25)28)12-18-6-3-5-16-4-1-2-7-19(16)18/h1-12H,14H2/b21-12+. The number of carbonyl (C=O) groups is 3. The van der Waals surface area contributed by atoms with Crippen LogP contribution in [0.2, 0.25) is 0 Å². The summed E-state index contributed by atoms with van der Waals surface area (Å²) < 4.78 is 0. The van der Waals surface area contributed by atoms with Gasteiger partial charge in [-0.1, -0.05) is 54.6 Å². The van der Waals surface area contributed by atoms with Gasteiger partial charge in [-0.3, -0.25) is 19.3 Å².